The number of hydrogen-bond acceptors (Lipinski definition) is 4. The molecule has 14 heavy (non-hydrogen) atoms. The van der Waals surface area contributed by atoms with Crippen LogP contribution in [0.2, 0.25) is 0 Å². The van der Waals surface area contributed by atoms with E-state index >= 15 is 0 Å². The van der Waals surface area contributed by atoms with Crippen LogP contribution in [0, 0.1) is 0 Å². The zero-order valence-electron chi connectivity index (χ0n) is 8.19. The van der Waals surface area contributed by atoms with Gasteiger partial charge in [0.15, 0.2) is 12.4 Å². The molecule has 0 aromatic heterocycles. The molecule has 0 aromatic rings. The highest BCUT2D eigenvalue weighted by atomic mass is 16.7. The van der Waals surface area contributed by atoms with Gasteiger partial charge in [0, 0.05) is 5.57 Å². The van der Waals surface area contributed by atoms with Gasteiger partial charge in [0.1, 0.15) is 0 Å². The average Bonchev–Trinajstić information content (AvgIpc) is 2.53. The van der Waals surface area contributed by atoms with E-state index in [2.05, 4.69) is 6.58 Å². The van der Waals surface area contributed by atoms with Crippen LogP contribution in [0.3, 0.4) is 0 Å². The molecule has 2 aliphatic heterocycles. The largest absolute Gasteiger partial charge is 0.454 e. The summed E-state index contributed by atoms with van der Waals surface area (Å²) in [6, 6.07) is 0. The first-order valence-corrected chi connectivity index (χ1v) is 4.80. The average molecular weight is 198 g/mol. The van der Waals surface area contributed by atoms with Crippen LogP contribution in [-0.2, 0) is 19.0 Å². The Morgan fingerprint density at radius 1 is 1.50 bits per heavy atom. The number of ether oxygens (including phenoxy) is 3. The quantitative estimate of drug-likeness (QED) is 0.490. The SMILES string of the molecule is C=C(C)C(=O)O[C@H]1CCC2COC1O2. The van der Waals surface area contributed by atoms with Crippen LogP contribution in [0.15, 0.2) is 12.2 Å². The lowest BCUT2D eigenvalue weighted by molar-refractivity contribution is -0.184. The molecule has 2 bridgehead atoms. The fraction of sp³-hybridized carbons (Fsp3) is 0.700. The molecule has 0 aromatic carbocycles. The molecule has 0 aliphatic carbocycles. The van der Waals surface area contributed by atoms with Crippen molar-refractivity contribution < 1.29 is 19.0 Å². The van der Waals surface area contributed by atoms with Crippen molar-refractivity contribution in [1.82, 2.24) is 0 Å². The zero-order valence-corrected chi connectivity index (χ0v) is 8.19. The Morgan fingerprint density at radius 2 is 2.29 bits per heavy atom. The van der Waals surface area contributed by atoms with Gasteiger partial charge in [-0.1, -0.05) is 6.58 Å². The van der Waals surface area contributed by atoms with Crippen LogP contribution in [0.5, 0.6) is 0 Å². The Bertz CT molecular complexity index is 261. The van der Waals surface area contributed by atoms with E-state index in [4.69, 9.17) is 14.2 Å². The van der Waals surface area contributed by atoms with Crippen molar-refractivity contribution >= 4 is 5.97 Å². The van der Waals surface area contributed by atoms with Crippen molar-refractivity contribution in [2.45, 2.75) is 38.3 Å². The lowest BCUT2D eigenvalue weighted by atomic mass is 10.1. The van der Waals surface area contributed by atoms with Crippen LogP contribution in [0.4, 0.5) is 0 Å². The second kappa shape index (κ2) is 3.71. The van der Waals surface area contributed by atoms with Crippen molar-refractivity contribution in [3.8, 4) is 0 Å². The maximum absolute atomic E-state index is 11.3. The van der Waals surface area contributed by atoms with E-state index in [9.17, 15) is 4.79 Å². The normalized spacial score (nSPS) is 35.4. The lowest BCUT2D eigenvalue weighted by Crippen LogP contribution is -2.36. The first-order valence-electron chi connectivity index (χ1n) is 4.80. The number of esters is 1. The molecule has 0 N–H and O–H groups in total. The predicted molar refractivity (Wildman–Crippen MR) is 48.5 cm³/mol. The summed E-state index contributed by atoms with van der Waals surface area (Å²) in [6.07, 6.45) is 1.27. The van der Waals surface area contributed by atoms with Crippen LogP contribution in [0.1, 0.15) is 19.8 Å². The molecule has 78 valence electrons. The molecule has 2 rings (SSSR count). The maximum atomic E-state index is 11.3. The Labute approximate surface area is 82.8 Å². The Kier molecular flexibility index (Phi) is 2.56. The topological polar surface area (TPSA) is 44.8 Å². The molecule has 0 radical (unpaired) electrons. The van der Waals surface area contributed by atoms with Gasteiger partial charge in [0.05, 0.1) is 12.7 Å². The first-order chi connectivity index (χ1) is 6.66. The molecular weight excluding hydrogens is 184 g/mol. The van der Waals surface area contributed by atoms with Crippen molar-refractivity contribution in [1.29, 1.82) is 0 Å². The van der Waals surface area contributed by atoms with Crippen molar-refractivity contribution in [2.24, 2.45) is 0 Å². The third kappa shape index (κ3) is 1.81. The van der Waals surface area contributed by atoms with Gasteiger partial charge in [-0.05, 0) is 19.8 Å². The van der Waals surface area contributed by atoms with Gasteiger partial charge >= 0.3 is 5.97 Å². The van der Waals surface area contributed by atoms with E-state index in [0.717, 1.165) is 12.8 Å². The number of rotatable bonds is 2. The molecule has 2 unspecified atom stereocenters. The van der Waals surface area contributed by atoms with Gasteiger partial charge in [0.2, 0.25) is 0 Å². The summed E-state index contributed by atoms with van der Waals surface area (Å²) in [5.74, 6) is -0.368. The van der Waals surface area contributed by atoms with Gasteiger partial charge in [-0.3, -0.25) is 0 Å². The van der Waals surface area contributed by atoms with E-state index in [0.29, 0.717) is 12.2 Å². The van der Waals surface area contributed by atoms with Crippen molar-refractivity contribution in [3.63, 3.8) is 0 Å². The minimum absolute atomic E-state index is 0.194. The maximum Gasteiger partial charge on any atom is 0.333 e. The molecule has 4 heteroatoms. The van der Waals surface area contributed by atoms with Crippen LogP contribution < -0.4 is 0 Å². The molecule has 2 heterocycles. The fourth-order valence-corrected chi connectivity index (χ4v) is 1.66. The second-order valence-corrected chi connectivity index (χ2v) is 3.76. The highest BCUT2D eigenvalue weighted by molar-refractivity contribution is 5.87. The molecule has 2 aliphatic rings. The summed E-state index contributed by atoms with van der Waals surface area (Å²) in [5, 5.41) is 0. The van der Waals surface area contributed by atoms with Crippen LogP contribution >= 0.6 is 0 Å². The summed E-state index contributed by atoms with van der Waals surface area (Å²) in [6.45, 7) is 5.77. The number of fused-ring (bicyclic) bond motifs is 2. The third-order valence-corrected chi connectivity index (χ3v) is 2.46. The molecule has 0 amide bonds. The summed E-state index contributed by atoms with van der Waals surface area (Å²) in [4.78, 5) is 11.3. The monoisotopic (exact) mass is 198 g/mol. The van der Waals surface area contributed by atoms with Gasteiger partial charge < -0.3 is 14.2 Å². The highest BCUT2D eigenvalue weighted by Gasteiger charge is 2.39. The van der Waals surface area contributed by atoms with Gasteiger partial charge in [-0.2, -0.15) is 0 Å². The molecule has 0 spiro atoms. The van der Waals surface area contributed by atoms with E-state index in [1.807, 2.05) is 0 Å². The van der Waals surface area contributed by atoms with Gasteiger partial charge in [-0.15, -0.1) is 0 Å². The first kappa shape index (κ1) is 9.68. The van der Waals surface area contributed by atoms with Gasteiger partial charge in [-0.25, -0.2) is 4.79 Å². The Hall–Kier alpha value is -0.870. The van der Waals surface area contributed by atoms with Crippen LogP contribution in [0.25, 0.3) is 0 Å². The molecule has 4 nitrogen and oxygen atoms in total. The minimum Gasteiger partial charge on any atom is -0.454 e. The van der Waals surface area contributed by atoms with Crippen LogP contribution in [-0.4, -0.2) is 31.1 Å². The molecule has 2 fully saturated rings. The van der Waals surface area contributed by atoms with E-state index in [1.54, 1.807) is 6.92 Å². The Morgan fingerprint density at radius 3 is 3.00 bits per heavy atom. The number of carbonyl (C=O) groups is 1. The highest BCUT2D eigenvalue weighted by Crippen LogP contribution is 2.29. The second-order valence-electron chi connectivity index (χ2n) is 3.76. The molecule has 0 saturated carbocycles. The Balaban J connectivity index is 1.92. The van der Waals surface area contributed by atoms with Gasteiger partial charge in [0.25, 0.3) is 0 Å². The molecular formula is C10H14O4. The van der Waals surface area contributed by atoms with E-state index in [-0.39, 0.29) is 24.5 Å². The fourth-order valence-electron chi connectivity index (χ4n) is 1.66. The van der Waals surface area contributed by atoms with E-state index in [1.165, 1.54) is 0 Å². The number of carbonyl (C=O) groups excluding carboxylic acids is 1. The minimum atomic E-state index is -0.368. The summed E-state index contributed by atoms with van der Waals surface area (Å²) < 4.78 is 16.0. The van der Waals surface area contributed by atoms with E-state index < -0.39 is 0 Å². The summed E-state index contributed by atoms with van der Waals surface area (Å²) >= 11 is 0. The van der Waals surface area contributed by atoms with Crippen molar-refractivity contribution in [2.75, 3.05) is 6.61 Å². The summed E-state index contributed by atoms with van der Waals surface area (Å²) in [5.41, 5.74) is 0.408. The number of hydrogen-bond donors (Lipinski definition) is 0. The molecule has 3 atom stereocenters. The predicted octanol–water partition coefficient (Wildman–Crippen LogP) is 1.01. The summed E-state index contributed by atoms with van der Waals surface area (Å²) in [7, 11) is 0. The molecule has 2 saturated heterocycles. The zero-order chi connectivity index (χ0) is 10.1. The standard InChI is InChI=1S/C10H14O4/c1-6(2)9(11)14-8-4-3-7-5-12-10(8)13-7/h7-8,10H,1,3-5H2,2H3/t7?,8-,10?/m0/s1. The lowest BCUT2D eigenvalue weighted by Gasteiger charge is -2.26. The third-order valence-electron chi connectivity index (χ3n) is 2.46. The smallest absolute Gasteiger partial charge is 0.333 e. The van der Waals surface area contributed by atoms with Crippen molar-refractivity contribution in [3.05, 3.63) is 12.2 Å².